The molecule has 88 valence electrons. The van der Waals surface area contributed by atoms with E-state index in [1.165, 1.54) is 11.3 Å². The molecule has 0 atom stereocenters. The third kappa shape index (κ3) is 1.43. The van der Waals surface area contributed by atoms with Crippen LogP contribution < -0.4 is 0 Å². The van der Waals surface area contributed by atoms with Crippen LogP contribution in [0.2, 0.25) is 0 Å². The molecule has 0 amide bonds. The van der Waals surface area contributed by atoms with Gasteiger partial charge in [0.05, 0.1) is 5.57 Å². The second-order valence-corrected chi connectivity index (χ2v) is 4.85. The molecule has 0 saturated carbocycles. The number of Topliss-reactive ketones (excluding diaryl/α,β-unsaturated/α-hetero) is 2. The van der Waals surface area contributed by atoms with Crippen LogP contribution >= 0.6 is 11.3 Å². The SMILES string of the molecule is O=C1C(=O)c2ccccc2C(O)=C1c1cccs1. The summed E-state index contributed by atoms with van der Waals surface area (Å²) in [5, 5.41) is 12.0. The Labute approximate surface area is 107 Å². The van der Waals surface area contributed by atoms with Crippen molar-refractivity contribution >= 4 is 34.2 Å². The molecular formula is C14H8O3S. The molecule has 0 saturated heterocycles. The number of rotatable bonds is 1. The summed E-state index contributed by atoms with van der Waals surface area (Å²) < 4.78 is 0. The number of allylic oxidation sites excluding steroid dienone is 1. The molecule has 1 aromatic carbocycles. The highest BCUT2D eigenvalue weighted by Crippen LogP contribution is 2.34. The van der Waals surface area contributed by atoms with Crippen molar-refractivity contribution < 1.29 is 14.7 Å². The minimum atomic E-state index is -0.645. The first kappa shape index (κ1) is 10.9. The predicted molar refractivity (Wildman–Crippen MR) is 69.5 cm³/mol. The fraction of sp³-hybridized carbons (Fsp3) is 0. The average Bonchev–Trinajstić information content (AvgIpc) is 2.90. The minimum Gasteiger partial charge on any atom is -0.506 e. The van der Waals surface area contributed by atoms with Gasteiger partial charge >= 0.3 is 0 Å². The van der Waals surface area contributed by atoms with Gasteiger partial charge in [-0.3, -0.25) is 9.59 Å². The van der Waals surface area contributed by atoms with Crippen LogP contribution in [0, 0.1) is 0 Å². The Kier molecular flexibility index (Phi) is 2.38. The van der Waals surface area contributed by atoms with Crippen LogP contribution in [-0.2, 0) is 4.79 Å². The van der Waals surface area contributed by atoms with Crippen molar-refractivity contribution in [3.63, 3.8) is 0 Å². The number of aliphatic hydroxyl groups excluding tert-OH is 1. The van der Waals surface area contributed by atoms with Crippen LogP contribution in [-0.4, -0.2) is 16.7 Å². The molecule has 0 unspecified atom stereocenters. The van der Waals surface area contributed by atoms with Gasteiger partial charge < -0.3 is 5.11 Å². The predicted octanol–water partition coefficient (Wildman–Crippen LogP) is 2.94. The van der Waals surface area contributed by atoms with Crippen molar-refractivity contribution in [3.8, 4) is 0 Å². The van der Waals surface area contributed by atoms with Gasteiger partial charge in [0.15, 0.2) is 0 Å². The molecule has 1 aromatic heterocycles. The number of thiophene rings is 1. The van der Waals surface area contributed by atoms with Crippen LogP contribution in [0.4, 0.5) is 0 Å². The second-order valence-electron chi connectivity index (χ2n) is 3.90. The first-order chi connectivity index (χ1) is 8.70. The summed E-state index contributed by atoms with van der Waals surface area (Å²) in [4.78, 5) is 24.6. The Hall–Kier alpha value is -2.20. The quantitative estimate of drug-likeness (QED) is 0.798. The number of benzene rings is 1. The maximum atomic E-state index is 12.0. The van der Waals surface area contributed by atoms with E-state index in [0.29, 0.717) is 10.4 Å². The monoisotopic (exact) mass is 256 g/mol. The van der Waals surface area contributed by atoms with Crippen LogP contribution in [0.3, 0.4) is 0 Å². The average molecular weight is 256 g/mol. The normalized spacial score (nSPS) is 14.9. The van der Waals surface area contributed by atoms with Crippen molar-refractivity contribution in [2.75, 3.05) is 0 Å². The minimum absolute atomic E-state index is 0.105. The third-order valence-corrected chi connectivity index (χ3v) is 3.75. The fourth-order valence-corrected chi connectivity index (χ4v) is 2.78. The molecule has 4 heteroatoms. The molecule has 0 fully saturated rings. The van der Waals surface area contributed by atoms with Crippen molar-refractivity contribution in [1.29, 1.82) is 0 Å². The topological polar surface area (TPSA) is 54.4 Å². The number of aliphatic hydroxyl groups is 1. The lowest BCUT2D eigenvalue weighted by atomic mass is 9.88. The highest BCUT2D eigenvalue weighted by atomic mass is 32.1. The molecule has 3 nitrogen and oxygen atoms in total. The molecule has 0 spiro atoms. The van der Waals surface area contributed by atoms with Crippen LogP contribution in [0.1, 0.15) is 20.8 Å². The van der Waals surface area contributed by atoms with Crippen molar-refractivity contribution in [2.45, 2.75) is 0 Å². The van der Waals surface area contributed by atoms with Crippen LogP contribution in [0.15, 0.2) is 41.8 Å². The van der Waals surface area contributed by atoms with Crippen molar-refractivity contribution in [1.82, 2.24) is 0 Å². The second kappa shape index (κ2) is 3.92. The summed E-state index contributed by atoms with van der Waals surface area (Å²) >= 11 is 1.32. The van der Waals surface area contributed by atoms with E-state index >= 15 is 0 Å². The molecule has 0 radical (unpaired) electrons. The van der Waals surface area contributed by atoms with E-state index in [-0.39, 0.29) is 16.9 Å². The number of carbonyl (C=O) groups excluding carboxylic acids is 2. The molecule has 0 aliphatic heterocycles. The van der Waals surface area contributed by atoms with Gasteiger partial charge in [0.2, 0.25) is 11.6 Å². The third-order valence-electron chi connectivity index (χ3n) is 2.86. The number of ketones is 2. The molecular weight excluding hydrogens is 248 g/mol. The Morgan fingerprint density at radius 2 is 1.61 bits per heavy atom. The number of hydrogen-bond donors (Lipinski definition) is 1. The Bertz CT molecular complexity index is 681. The smallest absolute Gasteiger partial charge is 0.238 e. The Balaban J connectivity index is 2.32. The molecule has 1 heterocycles. The summed E-state index contributed by atoms with van der Waals surface area (Å²) in [6.07, 6.45) is 0. The highest BCUT2D eigenvalue weighted by molar-refractivity contribution is 7.12. The molecule has 3 rings (SSSR count). The van der Waals surface area contributed by atoms with Gasteiger partial charge in [-0.15, -0.1) is 11.3 Å². The standard InChI is InChI=1S/C14H8O3S/c15-12-8-4-1-2-5-9(8)13(16)14(17)11(12)10-6-3-7-18-10/h1-7,15H. The van der Waals surface area contributed by atoms with Crippen LogP contribution in [0.5, 0.6) is 0 Å². The van der Waals surface area contributed by atoms with Crippen molar-refractivity contribution in [3.05, 3.63) is 57.8 Å². The Morgan fingerprint density at radius 1 is 0.889 bits per heavy atom. The summed E-state index contributed by atoms with van der Waals surface area (Å²) in [6, 6.07) is 10.1. The van der Waals surface area contributed by atoms with E-state index in [1.807, 2.05) is 0 Å². The van der Waals surface area contributed by atoms with E-state index in [9.17, 15) is 14.7 Å². The summed E-state index contributed by atoms with van der Waals surface area (Å²) in [5.41, 5.74) is 0.791. The van der Waals surface area contributed by atoms with E-state index in [0.717, 1.165) is 0 Å². The van der Waals surface area contributed by atoms with Crippen LogP contribution in [0.25, 0.3) is 11.3 Å². The molecule has 1 aliphatic carbocycles. The maximum Gasteiger partial charge on any atom is 0.238 e. The number of carbonyl (C=O) groups is 2. The lowest BCUT2D eigenvalue weighted by Gasteiger charge is -2.16. The van der Waals surface area contributed by atoms with E-state index < -0.39 is 11.6 Å². The molecule has 18 heavy (non-hydrogen) atoms. The van der Waals surface area contributed by atoms with Gasteiger partial charge in [-0.2, -0.15) is 0 Å². The zero-order chi connectivity index (χ0) is 12.7. The highest BCUT2D eigenvalue weighted by Gasteiger charge is 2.33. The summed E-state index contributed by atoms with van der Waals surface area (Å²) in [7, 11) is 0. The van der Waals surface area contributed by atoms with E-state index in [2.05, 4.69) is 0 Å². The first-order valence-electron chi connectivity index (χ1n) is 5.35. The molecule has 2 aromatic rings. The lowest BCUT2D eigenvalue weighted by Crippen LogP contribution is -2.22. The molecule has 1 N–H and O–H groups in total. The lowest BCUT2D eigenvalue weighted by molar-refractivity contribution is -0.110. The summed E-state index contributed by atoms with van der Waals surface area (Å²) in [5.74, 6) is -1.32. The first-order valence-corrected chi connectivity index (χ1v) is 6.23. The maximum absolute atomic E-state index is 12.0. The van der Waals surface area contributed by atoms with E-state index in [4.69, 9.17) is 0 Å². The zero-order valence-corrected chi connectivity index (χ0v) is 10.0. The van der Waals surface area contributed by atoms with Gasteiger partial charge in [0.1, 0.15) is 5.76 Å². The Morgan fingerprint density at radius 3 is 2.28 bits per heavy atom. The van der Waals surface area contributed by atoms with Gasteiger partial charge in [0, 0.05) is 16.0 Å². The number of fused-ring (bicyclic) bond motifs is 1. The van der Waals surface area contributed by atoms with Gasteiger partial charge in [-0.05, 0) is 11.4 Å². The van der Waals surface area contributed by atoms with E-state index in [1.54, 1.807) is 41.8 Å². The number of hydrogen-bond acceptors (Lipinski definition) is 4. The van der Waals surface area contributed by atoms with Gasteiger partial charge in [-0.1, -0.05) is 30.3 Å². The van der Waals surface area contributed by atoms with Gasteiger partial charge in [-0.25, -0.2) is 0 Å². The van der Waals surface area contributed by atoms with Crippen molar-refractivity contribution in [2.24, 2.45) is 0 Å². The molecule has 1 aliphatic rings. The fourth-order valence-electron chi connectivity index (χ4n) is 2.02. The summed E-state index contributed by atoms with van der Waals surface area (Å²) in [6.45, 7) is 0. The van der Waals surface area contributed by atoms with Gasteiger partial charge in [0.25, 0.3) is 0 Å². The molecule has 0 bridgehead atoms. The zero-order valence-electron chi connectivity index (χ0n) is 9.21. The largest absolute Gasteiger partial charge is 0.506 e.